The van der Waals surface area contributed by atoms with E-state index in [1.807, 2.05) is 24.3 Å². The number of methoxy groups -OCH3 is 1. The van der Waals surface area contributed by atoms with Crippen molar-refractivity contribution in [2.45, 2.75) is 12.8 Å². The molecule has 0 fully saturated rings. The van der Waals surface area contributed by atoms with E-state index in [4.69, 9.17) is 14.7 Å². The van der Waals surface area contributed by atoms with Crippen LogP contribution in [0.2, 0.25) is 0 Å². The molecule has 1 N–H and O–H groups in total. The maximum atomic E-state index is 11.5. The molecule has 0 amide bonds. The Labute approximate surface area is 153 Å². The van der Waals surface area contributed by atoms with Crippen molar-refractivity contribution in [3.8, 4) is 22.6 Å². The monoisotopic (exact) mass is 354 g/mol. The maximum Gasteiger partial charge on any atom is 0.383 e. The summed E-state index contributed by atoms with van der Waals surface area (Å²) in [6.07, 6.45) is 3.77. The molecule has 0 aliphatic carbocycles. The van der Waals surface area contributed by atoms with E-state index in [-0.39, 0.29) is 5.57 Å². The summed E-state index contributed by atoms with van der Waals surface area (Å²) in [5.41, 5.74) is 2.96. The van der Waals surface area contributed by atoms with Gasteiger partial charge in [0.1, 0.15) is 5.75 Å². The van der Waals surface area contributed by atoms with E-state index in [0.717, 1.165) is 24.0 Å². The zero-order valence-corrected chi connectivity index (χ0v) is 14.7. The van der Waals surface area contributed by atoms with Gasteiger partial charge < -0.3 is 9.84 Å². The van der Waals surface area contributed by atoms with Crippen molar-refractivity contribution in [3.63, 3.8) is 0 Å². The van der Waals surface area contributed by atoms with Crippen LogP contribution in [0.1, 0.15) is 12.0 Å². The Balaban J connectivity index is 2.19. The highest BCUT2D eigenvalue weighted by molar-refractivity contribution is 5.87. The number of allylic oxidation sites excluding steroid dienone is 1. The Morgan fingerprint density at radius 3 is 2.42 bits per heavy atom. The first kappa shape index (κ1) is 19.3. The molecule has 0 atom stereocenters. The number of carbonyl (C=O) groups excluding carboxylic acids is 1. The molecule has 0 aromatic heterocycles. The number of carbonyl (C=O) groups is 1. The van der Waals surface area contributed by atoms with Crippen LogP contribution in [0.3, 0.4) is 0 Å². The van der Waals surface area contributed by atoms with Gasteiger partial charge in [0.2, 0.25) is 0 Å². The molecule has 26 heavy (non-hydrogen) atoms. The average molecular weight is 354 g/mol. The van der Waals surface area contributed by atoms with Crippen LogP contribution in [0.15, 0.2) is 67.3 Å². The minimum Gasteiger partial charge on any atom is -0.497 e. The van der Waals surface area contributed by atoms with Gasteiger partial charge in [-0.15, -0.1) is 6.58 Å². The predicted octanol–water partition coefficient (Wildman–Crippen LogP) is 3.87. The molecule has 0 spiro atoms. The average Bonchev–Trinajstić information content (AvgIpc) is 2.69. The molecule has 0 radical (unpaired) electrons. The highest BCUT2D eigenvalue weighted by atomic mass is 17.2. The minimum absolute atomic E-state index is 0.0942. The van der Waals surface area contributed by atoms with E-state index in [1.54, 1.807) is 19.2 Å². The lowest BCUT2D eigenvalue weighted by atomic mass is 10.0. The molecule has 2 aromatic carbocycles. The second-order valence-electron chi connectivity index (χ2n) is 5.64. The van der Waals surface area contributed by atoms with Gasteiger partial charge in [0.15, 0.2) is 5.75 Å². The fourth-order valence-electron chi connectivity index (χ4n) is 2.25. The van der Waals surface area contributed by atoms with Crippen LogP contribution >= 0.6 is 0 Å². The molecular formula is C21H22O5. The van der Waals surface area contributed by atoms with Crippen LogP contribution in [0.25, 0.3) is 11.1 Å². The molecule has 2 aromatic rings. The molecule has 2 rings (SSSR count). The van der Waals surface area contributed by atoms with Gasteiger partial charge >= 0.3 is 5.97 Å². The number of hydrogen-bond donors (Lipinski definition) is 1. The normalized spacial score (nSPS) is 10.1. The number of hydrogen-bond acceptors (Lipinski definition) is 5. The number of aryl methyl sites for hydroxylation is 1. The molecule has 0 saturated heterocycles. The molecule has 5 heteroatoms. The minimum atomic E-state index is -0.830. The molecular weight excluding hydrogens is 332 g/mol. The SMILES string of the molecule is C=CCCc1ccc(-c2cc(OC)cc(OOC(=O)C(=C)CO)c2)cc1. The standard InChI is InChI=1S/C21H22O5/c1-4-5-6-16-7-9-17(10-8-16)18-11-19(24-3)13-20(12-18)25-26-21(23)15(2)14-22/h4,7-13,22H,1-2,5-6,14H2,3H3. The molecule has 5 nitrogen and oxygen atoms in total. The van der Waals surface area contributed by atoms with Crippen LogP contribution in [-0.2, 0) is 16.1 Å². The van der Waals surface area contributed by atoms with Gasteiger partial charge in [-0.25, -0.2) is 9.68 Å². The van der Waals surface area contributed by atoms with Crippen molar-refractivity contribution < 1.29 is 24.4 Å². The number of aliphatic hydroxyl groups excluding tert-OH is 1. The van der Waals surface area contributed by atoms with Gasteiger partial charge in [-0.2, -0.15) is 0 Å². The predicted molar refractivity (Wildman–Crippen MR) is 99.9 cm³/mol. The van der Waals surface area contributed by atoms with Crippen LogP contribution in [-0.4, -0.2) is 24.8 Å². The third kappa shape index (κ3) is 5.22. The topological polar surface area (TPSA) is 65.0 Å². The largest absolute Gasteiger partial charge is 0.497 e. The molecule has 0 aliphatic rings. The molecule has 0 heterocycles. The highest BCUT2D eigenvalue weighted by Crippen LogP contribution is 2.30. The van der Waals surface area contributed by atoms with Gasteiger partial charge in [0.05, 0.1) is 19.3 Å². The molecule has 0 bridgehead atoms. The Kier molecular flexibility index (Phi) is 7.00. The summed E-state index contributed by atoms with van der Waals surface area (Å²) in [5, 5.41) is 8.87. The fraction of sp³-hybridized carbons (Fsp3) is 0.190. The van der Waals surface area contributed by atoms with Crippen LogP contribution in [0, 0.1) is 0 Å². The first-order valence-electron chi connectivity index (χ1n) is 8.14. The molecule has 0 aliphatic heterocycles. The number of ether oxygens (including phenoxy) is 1. The molecule has 0 unspecified atom stereocenters. The third-order valence-corrected chi connectivity index (χ3v) is 3.73. The molecule has 0 saturated carbocycles. The summed E-state index contributed by atoms with van der Waals surface area (Å²) in [4.78, 5) is 21.3. The van der Waals surface area contributed by atoms with Gasteiger partial charge in [-0.3, -0.25) is 4.89 Å². The smallest absolute Gasteiger partial charge is 0.383 e. The van der Waals surface area contributed by atoms with Crippen molar-refractivity contribution in [2.75, 3.05) is 13.7 Å². The van der Waals surface area contributed by atoms with Crippen LogP contribution < -0.4 is 9.62 Å². The first-order valence-corrected chi connectivity index (χ1v) is 8.14. The summed E-state index contributed by atoms with van der Waals surface area (Å²) in [5.74, 6) is 0.0304. The van der Waals surface area contributed by atoms with Crippen molar-refractivity contribution in [2.24, 2.45) is 0 Å². The maximum absolute atomic E-state index is 11.5. The Morgan fingerprint density at radius 1 is 1.12 bits per heavy atom. The van der Waals surface area contributed by atoms with Crippen molar-refractivity contribution >= 4 is 5.97 Å². The lowest BCUT2D eigenvalue weighted by molar-refractivity contribution is -0.209. The van der Waals surface area contributed by atoms with E-state index in [2.05, 4.69) is 30.2 Å². The number of rotatable bonds is 9. The van der Waals surface area contributed by atoms with Gasteiger partial charge in [-0.1, -0.05) is 36.9 Å². The van der Waals surface area contributed by atoms with E-state index in [0.29, 0.717) is 11.5 Å². The van der Waals surface area contributed by atoms with Crippen molar-refractivity contribution in [1.82, 2.24) is 0 Å². The molecule has 136 valence electrons. The summed E-state index contributed by atoms with van der Waals surface area (Å²) in [7, 11) is 1.54. The summed E-state index contributed by atoms with van der Waals surface area (Å²) < 4.78 is 5.28. The summed E-state index contributed by atoms with van der Waals surface area (Å²) >= 11 is 0. The van der Waals surface area contributed by atoms with E-state index in [1.165, 1.54) is 5.56 Å². The van der Waals surface area contributed by atoms with E-state index < -0.39 is 12.6 Å². The highest BCUT2D eigenvalue weighted by Gasteiger charge is 2.11. The van der Waals surface area contributed by atoms with Crippen LogP contribution in [0.5, 0.6) is 11.5 Å². The first-order chi connectivity index (χ1) is 12.6. The van der Waals surface area contributed by atoms with Gasteiger partial charge in [0.25, 0.3) is 0 Å². The zero-order chi connectivity index (χ0) is 18.9. The lowest BCUT2D eigenvalue weighted by Crippen LogP contribution is -2.12. The van der Waals surface area contributed by atoms with Gasteiger partial charge in [-0.05, 0) is 41.7 Å². The second kappa shape index (κ2) is 9.44. The number of benzene rings is 2. The Bertz CT molecular complexity index is 777. The van der Waals surface area contributed by atoms with Crippen molar-refractivity contribution in [1.29, 1.82) is 0 Å². The Hall–Kier alpha value is -3.05. The van der Waals surface area contributed by atoms with E-state index >= 15 is 0 Å². The quantitative estimate of drug-likeness (QED) is 0.321. The fourth-order valence-corrected chi connectivity index (χ4v) is 2.25. The Morgan fingerprint density at radius 2 is 1.81 bits per heavy atom. The second-order valence-corrected chi connectivity index (χ2v) is 5.64. The summed E-state index contributed by atoms with van der Waals surface area (Å²) in [6, 6.07) is 13.3. The van der Waals surface area contributed by atoms with Crippen LogP contribution in [0.4, 0.5) is 0 Å². The number of aliphatic hydroxyl groups is 1. The van der Waals surface area contributed by atoms with Gasteiger partial charge in [0, 0.05) is 6.07 Å². The lowest BCUT2D eigenvalue weighted by Gasteiger charge is -2.10. The summed E-state index contributed by atoms with van der Waals surface area (Å²) in [6.45, 7) is 6.61. The van der Waals surface area contributed by atoms with E-state index in [9.17, 15) is 4.79 Å². The third-order valence-electron chi connectivity index (χ3n) is 3.73. The van der Waals surface area contributed by atoms with Crippen molar-refractivity contribution in [3.05, 3.63) is 72.8 Å². The zero-order valence-electron chi connectivity index (χ0n) is 14.7.